The van der Waals surface area contributed by atoms with Gasteiger partial charge >= 0.3 is 29.6 Å². The number of unbranched alkanes of at least 4 members (excludes halogenated alkanes) is 5. The summed E-state index contributed by atoms with van der Waals surface area (Å²) in [6.45, 7) is 2.14. The molecule has 1 aromatic rings. The van der Waals surface area contributed by atoms with Crippen molar-refractivity contribution in [2.45, 2.75) is 56.8 Å². The van der Waals surface area contributed by atoms with E-state index in [0.29, 0.717) is 6.42 Å². The van der Waals surface area contributed by atoms with Gasteiger partial charge in [-0.2, -0.15) is 0 Å². The fourth-order valence-corrected chi connectivity index (χ4v) is 2.81. The zero-order valence-electron chi connectivity index (χ0n) is 12.8. The molecule has 112 valence electrons. The molecule has 0 aliphatic rings. The van der Waals surface area contributed by atoms with E-state index in [4.69, 9.17) is 0 Å². The number of hydrogen-bond donors (Lipinski definition) is 0. The van der Waals surface area contributed by atoms with Gasteiger partial charge in [0.1, 0.15) is 10.1 Å². The van der Waals surface area contributed by atoms with Crippen molar-refractivity contribution in [3.05, 3.63) is 29.8 Å². The van der Waals surface area contributed by atoms with Gasteiger partial charge in [-0.25, -0.2) is 8.42 Å². The number of Topliss-reactive ketones (excluding diaryl/α,β-unsaturated/α-hetero) is 1. The molecule has 4 nitrogen and oxygen atoms in total. The first kappa shape index (κ1) is 20.8. The molecule has 0 aliphatic heterocycles. The molecule has 6 heteroatoms. The van der Waals surface area contributed by atoms with E-state index in [1.807, 2.05) is 0 Å². The third kappa shape index (κ3) is 7.56. The maximum absolute atomic E-state index is 12.0. The molecule has 0 saturated heterocycles. The Bertz CT molecular complexity index is 540. The van der Waals surface area contributed by atoms with Gasteiger partial charge in [0, 0.05) is 12.0 Å². The van der Waals surface area contributed by atoms with Gasteiger partial charge in [0.15, 0.2) is 5.78 Å². The van der Waals surface area contributed by atoms with Crippen molar-refractivity contribution in [2.75, 3.05) is 0 Å². The summed E-state index contributed by atoms with van der Waals surface area (Å²) in [7, 11) is -4.59. The topological polar surface area (TPSA) is 74.3 Å². The molecule has 0 amide bonds. The minimum absolute atomic E-state index is 0. The Labute approximate surface area is 149 Å². The van der Waals surface area contributed by atoms with Crippen LogP contribution in [0.1, 0.15) is 62.2 Å². The van der Waals surface area contributed by atoms with E-state index < -0.39 is 15.0 Å². The van der Waals surface area contributed by atoms with E-state index >= 15 is 0 Å². The summed E-state index contributed by atoms with van der Waals surface area (Å²) in [6.07, 6.45) is 6.60. The van der Waals surface area contributed by atoms with E-state index in [0.717, 1.165) is 25.7 Å². The summed E-state index contributed by atoms with van der Waals surface area (Å²) in [5.74, 6) is -0.268. The predicted octanol–water partition coefficient (Wildman–Crippen LogP) is 0.528. The second-order valence-electron chi connectivity index (χ2n) is 4.89. The number of rotatable bonds is 9. The second-order valence-corrected chi connectivity index (χ2v) is 6.24. The van der Waals surface area contributed by atoms with Crippen LogP contribution in [0.5, 0.6) is 0 Å². The van der Waals surface area contributed by atoms with Gasteiger partial charge in [-0.05, 0) is 12.5 Å². The molecule has 0 aromatic heterocycles. The number of carbonyl (C=O) groups excluding carboxylic acids is 1. The normalized spacial score (nSPS) is 11.0. The van der Waals surface area contributed by atoms with Gasteiger partial charge < -0.3 is 4.55 Å². The first-order valence-electron chi connectivity index (χ1n) is 7.05. The molecule has 0 aliphatic carbocycles. The summed E-state index contributed by atoms with van der Waals surface area (Å²) in [6, 6.07) is 5.62. The minimum Gasteiger partial charge on any atom is -0.744 e. The maximum Gasteiger partial charge on any atom is 1.00 e. The monoisotopic (exact) mass is 320 g/mol. The number of benzene rings is 1. The maximum atomic E-state index is 12.0. The Hall–Kier alpha value is -0.200. The van der Waals surface area contributed by atoms with Crippen LogP contribution in [0.2, 0.25) is 0 Å². The molecule has 0 N–H and O–H groups in total. The molecule has 0 radical (unpaired) electrons. The van der Waals surface area contributed by atoms with Gasteiger partial charge in [0.05, 0.1) is 4.90 Å². The Morgan fingerprint density at radius 3 is 2.24 bits per heavy atom. The van der Waals surface area contributed by atoms with Crippen LogP contribution in [-0.2, 0) is 10.1 Å². The molecule has 0 bridgehead atoms. The van der Waals surface area contributed by atoms with Crippen LogP contribution in [0.15, 0.2) is 29.2 Å². The largest absolute Gasteiger partial charge is 1.00 e. The average Bonchev–Trinajstić information content (AvgIpc) is 2.41. The molecule has 1 rings (SSSR count). The summed E-state index contributed by atoms with van der Waals surface area (Å²) in [4.78, 5) is 11.6. The van der Waals surface area contributed by atoms with Gasteiger partial charge in [-0.15, -0.1) is 0 Å². The SMILES string of the molecule is CCCCCCCCC(=O)c1ccccc1S(=O)(=O)[O-].[Na+]. The quantitative estimate of drug-likeness (QED) is 0.288. The smallest absolute Gasteiger partial charge is 0.744 e. The van der Waals surface area contributed by atoms with Crippen LogP contribution < -0.4 is 29.6 Å². The molecule has 0 spiro atoms. The van der Waals surface area contributed by atoms with Crippen LogP contribution in [0.25, 0.3) is 0 Å². The number of ketones is 1. The molecule has 0 saturated carbocycles. The first-order valence-corrected chi connectivity index (χ1v) is 8.45. The van der Waals surface area contributed by atoms with Gasteiger partial charge in [-0.3, -0.25) is 4.79 Å². The van der Waals surface area contributed by atoms with Crippen LogP contribution in [0.3, 0.4) is 0 Å². The van der Waals surface area contributed by atoms with Crippen molar-refractivity contribution in [3.63, 3.8) is 0 Å². The average molecular weight is 320 g/mol. The minimum atomic E-state index is -4.59. The Morgan fingerprint density at radius 1 is 1.05 bits per heavy atom. The molecule has 0 atom stereocenters. The van der Waals surface area contributed by atoms with E-state index in [9.17, 15) is 17.8 Å². The summed E-state index contributed by atoms with van der Waals surface area (Å²) < 4.78 is 33.3. The van der Waals surface area contributed by atoms with Crippen molar-refractivity contribution in [3.8, 4) is 0 Å². The fraction of sp³-hybridized carbons (Fsp3) is 0.533. The van der Waals surface area contributed by atoms with Crippen molar-refractivity contribution < 1.29 is 47.3 Å². The van der Waals surface area contributed by atoms with Crippen molar-refractivity contribution in [1.29, 1.82) is 0 Å². The third-order valence-corrected chi connectivity index (χ3v) is 4.11. The molecular formula is C15H21NaO4S. The molecular weight excluding hydrogens is 299 g/mol. The van der Waals surface area contributed by atoms with E-state index in [-0.39, 0.29) is 40.9 Å². The van der Waals surface area contributed by atoms with Crippen LogP contribution in [0.4, 0.5) is 0 Å². The molecule has 0 fully saturated rings. The van der Waals surface area contributed by atoms with Crippen molar-refractivity contribution in [1.82, 2.24) is 0 Å². The number of carbonyl (C=O) groups is 1. The van der Waals surface area contributed by atoms with E-state index in [1.165, 1.54) is 31.0 Å². The molecule has 0 unspecified atom stereocenters. The van der Waals surface area contributed by atoms with Crippen LogP contribution >= 0.6 is 0 Å². The first-order chi connectivity index (χ1) is 9.46. The van der Waals surface area contributed by atoms with Crippen molar-refractivity contribution in [2.24, 2.45) is 0 Å². The third-order valence-electron chi connectivity index (χ3n) is 3.21. The van der Waals surface area contributed by atoms with Crippen LogP contribution in [0, 0.1) is 0 Å². The fourth-order valence-electron chi connectivity index (χ4n) is 2.12. The standard InChI is InChI=1S/C15H22O4S.Na/c1-2-3-4-5-6-7-11-14(16)13-10-8-9-12-15(13)20(17,18)19;/h8-10,12H,2-7,11H2,1H3,(H,17,18,19);/q;+1/p-1. The van der Waals surface area contributed by atoms with Crippen LogP contribution in [-0.4, -0.2) is 18.8 Å². The zero-order chi connectivity index (χ0) is 15.0. The van der Waals surface area contributed by atoms with Gasteiger partial charge in [0.2, 0.25) is 0 Å². The van der Waals surface area contributed by atoms with Gasteiger partial charge in [0.25, 0.3) is 0 Å². The van der Waals surface area contributed by atoms with Crippen molar-refractivity contribution >= 4 is 15.9 Å². The second kappa shape index (κ2) is 10.5. The van der Waals surface area contributed by atoms with Gasteiger partial charge in [-0.1, -0.05) is 57.2 Å². The Balaban J connectivity index is 0.00000400. The molecule has 21 heavy (non-hydrogen) atoms. The number of hydrogen-bond acceptors (Lipinski definition) is 4. The summed E-state index contributed by atoms with van der Waals surface area (Å²) >= 11 is 0. The van der Waals surface area contributed by atoms with E-state index in [1.54, 1.807) is 6.07 Å². The van der Waals surface area contributed by atoms with E-state index in [2.05, 4.69) is 6.92 Å². The zero-order valence-corrected chi connectivity index (χ0v) is 15.6. The summed E-state index contributed by atoms with van der Waals surface area (Å²) in [5, 5.41) is 0. The summed E-state index contributed by atoms with van der Waals surface area (Å²) in [5.41, 5.74) is 0.0241. The molecule has 0 heterocycles. The Kier molecular flexibility index (Phi) is 10.4. The Morgan fingerprint density at radius 2 is 1.62 bits per heavy atom. The molecule has 1 aromatic carbocycles. The predicted molar refractivity (Wildman–Crippen MR) is 76.7 cm³/mol.